The number of carbonyl (C=O) groups is 1. The van der Waals surface area contributed by atoms with E-state index in [2.05, 4.69) is 22.4 Å². The molecule has 0 unspecified atom stereocenters. The lowest BCUT2D eigenvalue weighted by atomic mass is 10.1. The van der Waals surface area contributed by atoms with Gasteiger partial charge in [-0.05, 0) is 35.7 Å². The molecule has 0 spiro atoms. The van der Waals surface area contributed by atoms with E-state index < -0.39 is 0 Å². The molecule has 0 saturated heterocycles. The normalized spacial score (nSPS) is 10.3. The Bertz CT molecular complexity index is 847. The molecule has 0 radical (unpaired) electrons. The summed E-state index contributed by atoms with van der Waals surface area (Å²) in [6.45, 7) is 0.590. The summed E-state index contributed by atoms with van der Waals surface area (Å²) in [7, 11) is 1.63. The van der Waals surface area contributed by atoms with Crippen molar-refractivity contribution in [1.29, 1.82) is 0 Å². The average Bonchev–Trinajstić information content (AvgIpc) is 2.69. The first-order chi connectivity index (χ1) is 12.3. The Kier molecular flexibility index (Phi) is 5.42. The summed E-state index contributed by atoms with van der Waals surface area (Å²) in [6.07, 6.45) is 4.13. The SMILES string of the molecule is COc1cccc(-c2cncc(C(=O)NCCc3ccccc3)c2)c1. The van der Waals surface area contributed by atoms with Crippen LogP contribution in [0, 0.1) is 0 Å². The maximum Gasteiger partial charge on any atom is 0.252 e. The molecule has 0 fully saturated rings. The largest absolute Gasteiger partial charge is 0.497 e. The van der Waals surface area contributed by atoms with Gasteiger partial charge in [0.1, 0.15) is 5.75 Å². The summed E-state index contributed by atoms with van der Waals surface area (Å²) < 4.78 is 5.25. The number of aromatic nitrogens is 1. The van der Waals surface area contributed by atoms with Gasteiger partial charge in [0.15, 0.2) is 0 Å². The minimum atomic E-state index is -0.117. The molecule has 2 aromatic carbocycles. The number of nitrogens with one attached hydrogen (secondary N) is 1. The number of amides is 1. The molecule has 4 nitrogen and oxygen atoms in total. The summed E-state index contributed by atoms with van der Waals surface area (Å²) >= 11 is 0. The molecule has 1 aromatic heterocycles. The van der Waals surface area contributed by atoms with Gasteiger partial charge in [-0.3, -0.25) is 9.78 Å². The van der Waals surface area contributed by atoms with Crippen molar-refractivity contribution in [2.75, 3.05) is 13.7 Å². The van der Waals surface area contributed by atoms with Gasteiger partial charge in [0, 0.05) is 24.5 Å². The topological polar surface area (TPSA) is 51.2 Å². The zero-order valence-electron chi connectivity index (χ0n) is 14.1. The highest BCUT2D eigenvalue weighted by atomic mass is 16.5. The Morgan fingerprint density at radius 3 is 2.64 bits per heavy atom. The third-order valence-corrected chi connectivity index (χ3v) is 3.95. The van der Waals surface area contributed by atoms with Crippen molar-refractivity contribution in [3.63, 3.8) is 0 Å². The van der Waals surface area contributed by atoms with E-state index >= 15 is 0 Å². The van der Waals surface area contributed by atoms with Crippen LogP contribution in [0.5, 0.6) is 5.75 Å². The van der Waals surface area contributed by atoms with E-state index in [1.54, 1.807) is 19.5 Å². The third-order valence-electron chi connectivity index (χ3n) is 3.95. The Labute approximate surface area is 147 Å². The lowest BCUT2D eigenvalue weighted by Crippen LogP contribution is -2.25. The second-order valence-electron chi connectivity index (χ2n) is 5.69. The zero-order valence-corrected chi connectivity index (χ0v) is 14.1. The van der Waals surface area contributed by atoms with Crippen molar-refractivity contribution in [3.8, 4) is 16.9 Å². The van der Waals surface area contributed by atoms with E-state index in [0.717, 1.165) is 23.3 Å². The van der Waals surface area contributed by atoms with Crippen LogP contribution >= 0.6 is 0 Å². The molecule has 3 rings (SSSR count). The van der Waals surface area contributed by atoms with Crippen LogP contribution < -0.4 is 10.1 Å². The van der Waals surface area contributed by atoms with Crippen LogP contribution in [0.2, 0.25) is 0 Å². The molecule has 0 aliphatic heterocycles. The lowest BCUT2D eigenvalue weighted by molar-refractivity contribution is 0.0954. The molecular weight excluding hydrogens is 312 g/mol. The van der Waals surface area contributed by atoms with Gasteiger partial charge in [-0.1, -0.05) is 42.5 Å². The van der Waals surface area contributed by atoms with Crippen molar-refractivity contribution in [3.05, 3.63) is 84.2 Å². The maximum atomic E-state index is 12.4. The standard InChI is InChI=1S/C21H20N2O2/c1-25-20-9-5-8-17(13-20)18-12-19(15-22-14-18)21(24)23-11-10-16-6-3-2-4-7-16/h2-9,12-15H,10-11H2,1H3,(H,23,24). The molecule has 0 aliphatic rings. The summed E-state index contributed by atoms with van der Waals surface area (Å²) in [4.78, 5) is 16.6. The van der Waals surface area contributed by atoms with Crippen LogP contribution in [0.15, 0.2) is 73.1 Å². The maximum absolute atomic E-state index is 12.4. The van der Waals surface area contributed by atoms with E-state index in [-0.39, 0.29) is 5.91 Å². The highest BCUT2D eigenvalue weighted by Gasteiger charge is 2.08. The second-order valence-corrected chi connectivity index (χ2v) is 5.69. The lowest BCUT2D eigenvalue weighted by Gasteiger charge is -2.08. The van der Waals surface area contributed by atoms with Gasteiger partial charge in [-0.25, -0.2) is 0 Å². The summed E-state index contributed by atoms with van der Waals surface area (Å²) in [6, 6.07) is 19.6. The predicted octanol–water partition coefficient (Wildman–Crippen LogP) is 3.73. The molecule has 1 heterocycles. The van der Waals surface area contributed by atoms with Gasteiger partial charge in [-0.15, -0.1) is 0 Å². The Morgan fingerprint density at radius 1 is 1.00 bits per heavy atom. The van der Waals surface area contributed by atoms with Crippen molar-refractivity contribution in [2.45, 2.75) is 6.42 Å². The minimum Gasteiger partial charge on any atom is -0.497 e. The van der Waals surface area contributed by atoms with Crippen molar-refractivity contribution >= 4 is 5.91 Å². The number of hydrogen-bond donors (Lipinski definition) is 1. The smallest absolute Gasteiger partial charge is 0.252 e. The van der Waals surface area contributed by atoms with Gasteiger partial charge < -0.3 is 10.1 Å². The fourth-order valence-electron chi connectivity index (χ4n) is 2.59. The fourth-order valence-corrected chi connectivity index (χ4v) is 2.59. The van der Waals surface area contributed by atoms with Gasteiger partial charge in [-0.2, -0.15) is 0 Å². The van der Waals surface area contributed by atoms with Crippen LogP contribution in [0.3, 0.4) is 0 Å². The molecule has 0 bridgehead atoms. The first kappa shape index (κ1) is 16.7. The zero-order chi connectivity index (χ0) is 17.5. The molecule has 3 aromatic rings. The number of pyridine rings is 1. The van der Waals surface area contributed by atoms with Crippen LogP contribution in [0.4, 0.5) is 0 Å². The molecule has 0 aliphatic carbocycles. The van der Waals surface area contributed by atoms with Gasteiger partial charge in [0.05, 0.1) is 12.7 Å². The predicted molar refractivity (Wildman–Crippen MR) is 98.7 cm³/mol. The molecular formula is C21H20N2O2. The Hall–Kier alpha value is -3.14. The van der Waals surface area contributed by atoms with Crippen molar-refractivity contribution in [2.24, 2.45) is 0 Å². The van der Waals surface area contributed by atoms with Crippen LogP contribution in [0.1, 0.15) is 15.9 Å². The van der Waals surface area contributed by atoms with E-state index in [4.69, 9.17) is 4.74 Å². The van der Waals surface area contributed by atoms with E-state index in [1.807, 2.05) is 48.5 Å². The number of rotatable bonds is 6. The van der Waals surface area contributed by atoms with Crippen molar-refractivity contribution in [1.82, 2.24) is 10.3 Å². The molecule has 1 N–H and O–H groups in total. The van der Waals surface area contributed by atoms with Gasteiger partial charge >= 0.3 is 0 Å². The summed E-state index contributed by atoms with van der Waals surface area (Å²) in [5.41, 5.74) is 3.60. The van der Waals surface area contributed by atoms with E-state index in [1.165, 1.54) is 5.56 Å². The molecule has 4 heteroatoms. The molecule has 0 atom stereocenters. The molecule has 126 valence electrons. The summed E-state index contributed by atoms with van der Waals surface area (Å²) in [5, 5.41) is 2.95. The number of methoxy groups -OCH3 is 1. The van der Waals surface area contributed by atoms with Gasteiger partial charge in [0.2, 0.25) is 0 Å². The number of nitrogens with zero attached hydrogens (tertiary/aromatic N) is 1. The van der Waals surface area contributed by atoms with Crippen LogP contribution in [-0.4, -0.2) is 24.5 Å². The van der Waals surface area contributed by atoms with Crippen LogP contribution in [0.25, 0.3) is 11.1 Å². The first-order valence-corrected chi connectivity index (χ1v) is 8.18. The quantitative estimate of drug-likeness (QED) is 0.748. The second kappa shape index (κ2) is 8.11. The molecule has 0 saturated carbocycles. The first-order valence-electron chi connectivity index (χ1n) is 8.18. The highest BCUT2D eigenvalue weighted by molar-refractivity contribution is 5.95. The van der Waals surface area contributed by atoms with Crippen LogP contribution in [-0.2, 0) is 6.42 Å². The third kappa shape index (κ3) is 4.44. The summed E-state index contributed by atoms with van der Waals surface area (Å²) in [5.74, 6) is 0.656. The van der Waals surface area contributed by atoms with E-state index in [9.17, 15) is 4.79 Å². The molecule has 1 amide bonds. The Morgan fingerprint density at radius 2 is 1.84 bits per heavy atom. The number of hydrogen-bond acceptors (Lipinski definition) is 3. The number of ether oxygens (including phenoxy) is 1. The van der Waals surface area contributed by atoms with Crippen molar-refractivity contribution < 1.29 is 9.53 Å². The highest BCUT2D eigenvalue weighted by Crippen LogP contribution is 2.23. The fraction of sp³-hybridized carbons (Fsp3) is 0.143. The van der Waals surface area contributed by atoms with Gasteiger partial charge in [0.25, 0.3) is 5.91 Å². The average molecular weight is 332 g/mol. The van der Waals surface area contributed by atoms with E-state index in [0.29, 0.717) is 12.1 Å². The minimum absolute atomic E-state index is 0.117. The number of carbonyl (C=O) groups excluding carboxylic acids is 1. The molecule has 25 heavy (non-hydrogen) atoms. The monoisotopic (exact) mass is 332 g/mol. The Balaban J connectivity index is 1.67. The number of benzene rings is 2.